The molecule has 116 valence electrons. The molecular weight excluding hydrogens is 300 g/mol. The number of nitrogens with zero attached hydrogens (tertiary/aromatic N) is 1. The van der Waals surface area contributed by atoms with Crippen molar-refractivity contribution in [2.75, 3.05) is 14.1 Å². The summed E-state index contributed by atoms with van der Waals surface area (Å²) in [5.74, 6) is -0.249. The molecule has 0 atom stereocenters. The monoisotopic (exact) mass is 318 g/mol. The fourth-order valence-corrected chi connectivity index (χ4v) is 3.19. The Balaban J connectivity index is 2.20. The van der Waals surface area contributed by atoms with Crippen LogP contribution in [-0.4, -0.2) is 32.7 Å². The fraction of sp³-hybridized carbons (Fsp3) is 0.188. The molecule has 1 N–H and O–H groups in total. The molecule has 0 aromatic heterocycles. The zero-order chi connectivity index (χ0) is 16.2. The highest BCUT2D eigenvalue weighted by Crippen LogP contribution is 2.17. The first-order chi connectivity index (χ1) is 10.4. The molecule has 0 heterocycles. The molecule has 0 aliphatic rings. The van der Waals surface area contributed by atoms with E-state index in [2.05, 4.69) is 5.32 Å². The number of carbonyl (C=O) groups is 1. The molecule has 5 nitrogen and oxygen atoms in total. The van der Waals surface area contributed by atoms with Crippen LogP contribution in [0.2, 0.25) is 0 Å². The normalized spacial score (nSPS) is 11.4. The average molecular weight is 318 g/mol. The summed E-state index contributed by atoms with van der Waals surface area (Å²) in [4.78, 5) is 11.6. The second-order valence-corrected chi connectivity index (χ2v) is 6.90. The van der Waals surface area contributed by atoms with Gasteiger partial charge in [-0.2, -0.15) is 4.31 Å². The maximum Gasteiger partial charge on any atom is 0.251 e. The molecule has 0 saturated carbocycles. The van der Waals surface area contributed by atoms with Crippen LogP contribution in [0.5, 0.6) is 0 Å². The summed E-state index contributed by atoms with van der Waals surface area (Å²) >= 11 is 0. The van der Waals surface area contributed by atoms with Crippen LogP contribution >= 0.6 is 0 Å². The van der Waals surface area contributed by atoms with Gasteiger partial charge in [0.25, 0.3) is 5.91 Å². The maximum absolute atomic E-state index is 12.5. The third-order valence-electron chi connectivity index (χ3n) is 3.30. The van der Waals surface area contributed by atoms with Gasteiger partial charge in [0.2, 0.25) is 10.0 Å². The van der Waals surface area contributed by atoms with Gasteiger partial charge in [0.1, 0.15) is 0 Å². The van der Waals surface area contributed by atoms with Crippen LogP contribution in [0.1, 0.15) is 15.9 Å². The molecule has 2 aromatic carbocycles. The van der Waals surface area contributed by atoms with Gasteiger partial charge >= 0.3 is 0 Å². The van der Waals surface area contributed by atoms with E-state index in [-0.39, 0.29) is 10.8 Å². The number of carbonyl (C=O) groups excluding carboxylic acids is 1. The Labute approximate surface area is 130 Å². The Morgan fingerprint density at radius 3 is 2.18 bits per heavy atom. The van der Waals surface area contributed by atoms with Crippen molar-refractivity contribution in [1.29, 1.82) is 0 Å². The van der Waals surface area contributed by atoms with Crippen molar-refractivity contribution in [2.24, 2.45) is 0 Å². The van der Waals surface area contributed by atoms with Gasteiger partial charge in [0, 0.05) is 26.2 Å². The molecule has 0 fully saturated rings. The average Bonchev–Trinajstić information content (AvgIpc) is 2.55. The molecule has 0 unspecified atom stereocenters. The number of amides is 1. The molecule has 0 radical (unpaired) electrons. The second-order valence-electron chi connectivity index (χ2n) is 4.85. The van der Waals surface area contributed by atoms with Gasteiger partial charge in [-0.25, -0.2) is 8.42 Å². The van der Waals surface area contributed by atoms with Crippen LogP contribution in [0.25, 0.3) is 0 Å². The van der Waals surface area contributed by atoms with E-state index in [1.165, 1.54) is 42.7 Å². The molecule has 6 heteroatoms. The summed E-state index contributed by atoms with van der Waals surface area (Å²) in [6, 6.07) is 15.3. The van der Waals surface area contributed by atoms with Crippen LogP contribution in [0.15, 0.2) is 59.5 Å². The quantitative estimate of drug-likeness (QED) is 0.915. The Morgan fingerprint density at radius 1 is 1.05 bits per heavy atom. The lowest BCUT2D eigenvalue weighted by atomic mass is 10.2. The summed E-state index contributed by atoms with van der Waals surface area (Å²) in [6.07, 6.45) is 0. The lowest BCUT2D eigenvalue weighted by molar-refractivity contribution is 0.0963. The van der Waals surface area contributed by atoms with Crippen LogP contribution < -0.4 is 5.32 Å². The third-order valence-corrected chi connectivity index (χ3v) is 5.12. The number of hydrogen-bond acceptors (Lipinski definition) is 3. The number of nitrogens with one attached hydrogen (secondary N) is 1. The summed E-state index contributed by atoms with van der Waals surface area (Å²) in [5, 5.41) is 2.50. The van der Waals surface area contributed by atoms with Crippen LogP contribution in [0, 0.1) is 0 Å². The van der Waals surface area contributed by atoms with Crippen LogP contribution in [0.3, 0.4) is 0 Å². The number of benzene rings is 2. The highest BCUT2D eigenvalue weighted by Gasteiger charge is 2.21. The molecule has 1 amide bonds. The van der Waals surface area contributed by atoms with Crippen molar-refractivity contribution in [1.82, 2.24) is 9.62 Å². The number of rotatable bonds is 5. The van der Waals surface area contributed by atoms with Gasteiger partial charge in [0.05, 0.1) is 4.90 Å². The minimum Gasteiger partial charge on any atom is -0.355 e. The Hall–Kier alpha value is -2.18. The zero-order valence-corrected chi connectivity index (χ0v) is 13.3. The summed E-state index contributed by atoms with van der Waals surface area (Å²) in [5.41, 5.74) is 1.34. The standard InChI is InChI=1S/C16H18N2O3S/c1-17-16(19)14-8-10-15(11-9-14)22(20,21)18(2)12-13-6-4-3-5-7-13/h3-11H,12H2,1-2H3,(H,17,19). The van der Waals surface area contributed by atoms with Crippen molar-refractivity contribution in [3.8, 4) is 0 Å². The van der Waals surface area contributed by atoms with Crippen molar-refractivity contribution < 1.29 is 13.2 Å². The fourth-order valence-electron chi connectivity index (χ4n) is 2.03. The molecule has 0 spiro atoms. The van der Waals surface area contributed by atoms with E-state index in [1.807, 2.05) is 30.3 Å². The number of hydrogen-bond donors (Lipinski definition) is 1. The largest absolute Gasteiger partial charge is 0.355 e. The predicted molar refractivity (Wildman–Crippen MR) is 84.9 cm³/mol. The lowest BCUT2D eigenvalue weighted by Gasteiger charge is -2.17. The third kappa shape index (κ3) is 3.52. The highest BCUT2D eigenvalue weighted by atomic mass is 32.2. The second kappa shape index (κ2) is 6.72. The van der Waals surface area contributed by atoms with E-state index < -0.39 is 10.0 Å². The van der Waals surface area contributed by atoms with E-state index >= 15 is 0 Å². The molecule has 2 aromatic rings. The Kier molecular flexibility index (Phi) is 4.95. The van der Waals surface area contributed by atoms with Gasteiger partial charge in [0.15, 0.2) is 0 Å². The summed E-state index contributed by atoms with van der Waals surface area (Å²) < 4.78 is 26.3. The highest BCUT2D eigenvalue weighted by molar-refractivity contribution is 7.89. The van der Waals surface area contributed by atoms with E-state index in [9.17, 15) is 13.2 Å². The van der Waals surface area contributed by atoms with E-state index in [4.69, 9.17) is 0 Å². The SMILES string of the molecule is CNC(=O)c1ccc(S(=O)(=O)N(C)Cc2ccccc2)cc1. The van der Waals surface area contributed by atoms with E-state index in [0.29, 0.717) is 12.1 Å². The molecule has 0 aliphatic carbocycles. The van der Waals surface area contributed by atoms with Crippen LogP contribution in [-0.2, 0) is 16.6 Å². The van der Waals surface area contributed by atoms with Gasteiger partial charge < -0.3 is 5.32 Å². The zero-order valence-electron chi connectivity index (χ0n) is 12.5. The maximum atomic E-state index is 12.5. The van der Waals surface area contributed by atoms with Crippen molar-refractivity contribution in [3.63, 3.8) is 0 Å². The molecule has 0 bridgehead atoms. The molecule has 0 aliphatic heterocycles. The summed E-state index contributed by atoms with van der Waals surface area (Å²) in [6.45, 7) is 0.292. The minimum absolute atomic E-state index is 0.165. The summed E-state index contributed by atoms with van der Waals surface area (Å²) in [7, 11) is -0.520. The molecule has 22 heavy (non-hydrogen) atoms. The van der Waals surface area contributed by atoms with Gasteiger partial charge in [-0.15, -0.1) is 0 Å². The van der Waals surface area contributed by atoms with Crippen molar-refractivity contribution >= 4 is 15.9 Å². The van der Waals surface area contributed by atoms with E-state index in [0.717, 1.165) is 5.56 Å². The Bertz CT molecular complexity index is 741. The molecular formula is C16H18N2O3S. The first kappa shape index (κ1) is 16.2. The molecule has 0 saturated heterocycles. The smallest absolute Gasteiger partial charge is 0.251 e. The van der Waals surface area contributed by atoms with Gasteiger partial charge in [-0.3, -0.25) is 4.79 Å². The lowest BCUT2D eigenvalue weighted by Crippen LogP contribution is -2.26. The van der Waals surface area contributed by atoms with Gasteiger partial charge in [-0.05, 0) is 29.8 Å². The molecule has 2 rings (SSSR count). The Morgan fingerprint density at radius 2 is 1.64 bits per heavy atom. The van der Waals surface area contributed by atoms with Gasteiger partial charge in [-0.1, -0.05) is 30.3 Å². The predicted octanol–water partition coefficient (Wildman–Crippen LogP) is 1.87. The first-order valence-electron chi connectivity index (χ1n) is 6.77. The van der Waals surface area contributed by atoms with Crippen molar-refractivity contribution in [2.45, 2.75) is 11.4 Å². The first-order valence-corrected chi connectivity index (χ1v) is 8.21. The minimum atomic E-state index is -3.58. The topological polar surface area (TPSA) is 66.5 Å². The van der Waals surface area contributed by atoms with E-state index in [1.54, 1.807) is 0 Å². The number of sulfonamides is 1. The van der Waals surface area contributed by atoms with Crippen LogP contribution in [0.4, 0.5) is 0 Å². The van der Waals surface area contributed by atoms with Crippen molar-refractivity contribution in [3.05, 3.63) is 65.7 Å².